The number of aryl methyl sites for hydroxylation is 2. The Labute approximate surface area is 158 Å². The van der Waals surface area contributed by atoms with Gasteiger partial charge in [0.1, 0.15) is 0 Å². The third kappa shape index (κ3) is 3.92. The Balaban J connectivity index is 1.35. The van der Waals surface area contributed by atoms with Crippen molar-refractivity contribution < 1.29 is 4.79 Å². The average molecular weight is 358 g/mol. The second kappa shape index (κ2) is 7.50. The van der Waals surface area contributed by atoms with Gasteiger partial charge in [-0.3, -0.25) is 9.48 Å². The molecule has 0 bridgehead atoms. The van der Waals surface area contributed by atoms with Crippen LogP contribution in [-0.2, 0) is 17.8 Å². The van der Waals surface area contributed by atoms with E-state index in [-0.39, 0.29) is 5.91 Å². The van der Waals surface area contributed by atoms with Gasteiger partial charge in [-0.25, -0.2) is 0 Å². The summed E-state index contributed by atoms with van der Waals surface area (Å²) in [6, 6.07) is 18.2. The number of hydrogen-bond acceptors (Lipinski definition) is 2. The highest BCUT2D eigenvalue weighted by Crippen LogP contribution is 2.19. The lowest BCUT2D eigenvalue weighted by Gasteiger charge is -2.05. The summed E-state index contributed by atoms with van der Waals surface area (Å²) in [5.41, 5.74) is 4.71. The Bertz CT molecular complexity index is 1080. The Kier molecular flexibility index (Phi) is 4.75. The van der Waals surface area contributed by atoms with Crippen LogP contribution in [0.2, 0.25) is 0 Å². The number of hydrogen-bond donors (Lipinski definition) is 2. The fourth-order valence-corrected chi connectivity index (χ4v) is 3.27. The minimum absolute atomic E-state index is 0.0265. The summed E-state index contributed by atoms with van der Waals surface area (Å²) in [6.45, 7) is 2.78. The number of anilines is 1. The fourth-order valence-electron chi connectivity index (χ4n) is 3.27. The van der Waals surface area contributed by atoms with Crippen molar-refractivity contribution in [2.75, 3.05) is 5.32 Å². The van der Waals surface area contributed by atoms with Crippen molar-refractivity contribution in [1.82, 2.24) is 14.8 Å². The molecule has 2 aromatic heterocycles. The number of fused-ring (bicyclic) bond motifs is 1. The fraction of sp³-hybridized carbons (Fsp3) is 0.182. The van der Waals surface area contributed by atoms with E-state index < -0.39 is 0 Å². The highest BCUT2D eigenvalue weighted by atomic mass is 16.1. The number of nitrogens with one attached hydrogen (secondary N) is 2. The van der Waals surface area contributed by atoms with Crippen molar-refractivity contribution in [3.63, 3.8) is 0 Å². The number of aromatic amines is 1. The van der Waals surface area contributed by atoms with Crippen LogP contribution in [-0.4, -0.2) is 20.7 Å². The number of H-pyrrole nitrogens is 1. The van der Waals surface area contributed by atoms with Gasteiger partial charge in [-0.15, -0.1) is 0 Å². The van der Waals surface area contributed by atoms with Gasteiger partial charge in [-0.1, -0.05) is 42.5 Å². The average Bonchev–Trinajstić information content (AvgIpc) is 3.29. The Morgan fingerprint density at radius 2 is 1.89 bits per heavy atom. The number of nitrogens with zero attached hydrogens (tertiary/aromatic N) is 2. The third-order valence-electron chi connectivity index (χ3n) is 4.80. The molecule has 2 N–H and O–H groups in total. The van der Waals surface area contributed by atoms with Gasteiger partial charge in [-0.05, 0) is 36.1 Å². The molecule has 27 heavy (non-hydrogen) atoms. The summed E-state index contributed by atoms with van der Waals surface area (Å²) < 4.78 is 1.84. The zero-order valence-electron chi connectivity index (χ0n) is 15.3. The standard InChI is InChI=1S/C22H22N4O/c1-16-6-2-3-7-18(16)15-26-13-12-21(25-26)24-22(27)11-10-17-14-23-20-9-5-4-8-19(17)20/h2-9,12-14,23H,10-11,15H2,1H3,(H,24,25,27). The lowest BCUT2D eigenvalue weighted by Crippen LogP contribution is -2.13. The molecule has 0 radical (unpaired) electrons. The molecular formula is C22H22N4O. The second-order valence-corrected chi connectivity index (χ2v) is 6.73. The van der Waals surface area contributed by atoms with Crippen LogP contribution >= 0.6 is 0 Å². The first-order chi connectivity index (χ1) is 13.2. The summed E-state index contributed by atoms with van der Waals surface area (Å²) in [7, 11) is 0. The van der Waals surface area contributed by atoms with Gasteiger partial charge in [0.15, 0.2) is 5.82 Å². The molecule has 4 rings (SSSR count). The van der Waals surface area contributed by atoms with Crippen molar-refractivity contribution in [3.05, 3.63) is 83.7 Å². The summed E-state index contributed by atoms with van der Waals surface area (Å²) in [6.07, 6.45) is 4.99. The predicted octanol–water partition coefficient (Wildman–Crippen LogP) is 4.29. The molecule has 0 aliphatic heterocycles. The molecule has 0 aliphatic rings. The van der Waals surface area contributed by atoms with E-state index in [2.05, 4.69) is 40.5 Å². The van der Waals surface area contributed by atoms with E-state index in [0.29, 0.717) is 25.2 Å². The van der Waals surface area contributed by atoms with Crippen LogP contribution in [0.3, 0.4) is 0 Å². The molecule has 0 atom stereocenters. The molecule has 0 aliphatic carbocycles. The van der Waals surface area contributed by atoms with E-state index in [9.17, 15) is 4.79 Å². The van der Waals surface area contributed by atoms with Gasteiger partial charge in [-0.2, -0.15) is 5.10 Å². The quantitative estimate of drug-likeness (QED) is 0.540. The van der Waals surface area contributed by atoms with Crippen LogP contribution < -0.4 is 5.32 Å². The topological polar surface area (TPSA) is 62.7 Å². The van der Waals surface area contributed by atoms with Crippen molar-refractivity contribution in [3.8, 4) is 0 Å². The van der Waals surface area contributed by atoms with Gasteiger partial charge >= 0.3 is 0 Å². The molecule has 136 valence electrons. The Hall–Kier alpha value is -3.34. The van der Waals surface area contributed by atoms with Crippen molar-refractivity contribution in [1.29, 1.82) is 0 Å². The lowest BCUT2D eigenvalue weighted by atomic mass is 10.1. The van der Waals surface area contributed by atoms with Crippen LogP contribution in [0.4, 0.5) is 5.82 Å². The van der Waals surface area contributed by atoms with E-state index in [1.54, 1.807) is 0 Å². The van der Waals surface area contributed by atoms with Gasteiger partial charge in [0, 0.05) is 35.8 Å². The van der Waals surface area contributed by atoms with E-state index in [1.165, 1.54) is 16.5 Å². The Morgan fingerprint density at radius 3 is 2.78 bits per heavy atom. The minimum Gasteiger partial charge on any atom is -0.361 e. The highest BCUT2D eigenvalue weighted by molar-refractivity contribution is 5.90. The number of carbonyl (C=O) groups is 1. The van der Waals surface area contributed by atoms with Crippen molar-refractivity contribution in [2.45, 2.75) is 26.3 Å². The van der Waals surface area contributed by atoms with E-state index in [0.717, 1.165) is 11.1 Å². The van der Waals surface area contributed by atoms with Gasteiger partial charge in [0.05, 0.1) is 6.54 Å². The molecule has 0 unspecified atom stereocenters. The number of amides is 1. The first-order valence-electron chi connectivity index (χ1n) is 9.12. The minimum atomic E-state index is -0.0265. The summed E-state index contributed by atoms with van der Waals surface area (Å²) in [4.78, 5) is 15.5. The second-order valence-electron chi connectivity index (χ2n) is 6.73. The molecule has 2 heterocycles. The van der Waals surface area contributed by atoms with Crippen molar-refractivity contribution >= 4 is 22.6 Å². The van der Waals surface area contributed by atoms with Gasteiger partial charge in [0.25, 0.3) is 0 Å². The Morgan fingerprint density at radius 1 is 1.07 bits per heavy atom. The summed E-state index contributed by atoms with van der Waals surface area (Å²) in [5, 5.41) is 8.53. The van der Waals surface area contributed by atoms with Crippen LogP contribution in [0, 0.1) is 6.92 Å². The normalized spacial score (nSPS) is 11.0. The molecular weight excluding hydrogens is 336 g/mol. The highest BCUT2D eigenvalue weighted by Gasteiger charge is 2.09. The zero-order valence-corrected chi connectivity index (χ0v) is 15.3. The lowest BCUT2D eigenvalue weighted by molar-refractivity contribution is -0.116. The van der Waals surface area contributed by atoms with Gasteiger partial charge < -0.3 is 10.3 Å². The maximum Gasteiger partial charge on any atom is 0.225 e. The van der Waals surface area contributed by atoms with Crippen molar-refractivity contribution in [2.24, 2.45) is 0 Å². The molecule has 1 amide bonds. The molecule has 0 spiro atoms. The first kappa shape index (κ1) is 17.1. The smallest absolute Gasteiger partial charge is 0.225 e. The summed E-state index contributed by atoms with van der Waals surface area (Å²) >= 11 is 0. The number of para-hydroxylation sites is 1. The molecule has 0 saturated carbocycles. The first-order valence-corrected chi connectivity index (χ1v) is 9.12. The number of carbonyl (C=O) groups excluding carboxylic acids is 1. The van der Waals surface area contributed by atoms with E-state index in [4.69, 9.17) is 0 Å². The molecule has 5 nitrogen and oxygen atoms in total. The summed E-state index contributed by atoms with van der Waals surface area (Å²) in [5.74, 6) is 0.564. The molecule has 2 aromatic carbocycles. The maximum atomic E-state index is 12.3. The van der Waals surface area contributed by atoms with E-state index in [1.807, 2.05) is 53.5 Å². The monoisotopic (exact) mass is 358 g/mol. The molecule has 5 heteroatoms. The van der Waals surface area contributed by atoms with Crippen LogP contribution in [0.15, 0.2) is 67.0 Å². The molecule has 4 aromatic rings. The van der Waals surface area contributed by atoms with E-state index >= 15 is 0 Å². The largest absolute Gasteiger partial charge is 0.361 e. The maximum absolute atomic E-state index is 12.3. The van der Waals surface area contributed by atoms with Crippen LogP contribution in [0.5, 0.6) is 0 Å². The van der Waals surface area contributed by atoms with Crippen LogP contribution in [0.1, 0.15) is 23.1 Å². The predicted molar refractivity (Wildman–Crippen MR) is 108 cm³/mol. The SMILES string of the molecule is Cc1ccccc1Cn1ccc(NC(=O)CCc2c[nH]c3ccccc23)n1. The molecule has 0 fully saturated rings. The number of rotatable bonds is 6. The molecule has 0 saturated heterocycles. The number of benzene rings is 2. The van der Waals surface area contributed by atoms with Crippen LogP contribution in [0.25, 0.3) is 10.9 Å². The number of aromatic nitrogens is 3. The zero-order chi connectivity index (χ0) is 18.6. The van der Waals surface area contributed by atoms with Gasteiger partial charge in [0.2, 0.25) is 5.91 Å². The third-order valence-corrected chi connectivity index (χ3v) is 4.80.